The lowest BCUT2D eigenvalue weighted by Gasteiger charge is -2.10. The Morgan fingerprint density at radius 1 is 1.04 bits per heavy atom. The summed E-state index contributed by atoms with van der Waals surface area (Å²) < 4.78 is 5.13. The molecule has 0 saturated heterocycles. The van der Waals surface area contributed by atoms with Gasteiger partial charge >= 0.3 is 0 Å². The molecule has 25 heavy (non-hydrogen) atoms. The SMILES string of the molecule is COc1ccc(Nc2cncc(C(=O)Nc3ccccc3Cl)c2)cc1. The van der Waals surface area contributed by atoms with E-state index in [1.807, 2.05) is 24.3 Å². The van der Waals surface area contributed by atoms with Crippen LogP contribution in [0.25, 0.3) is 0 Å². The number of ether oxygens (including phenoxy) is 1. The van der Waals surface area contributed by atoms with Crippen LogP contribution in [0.1, 0.15) is 10.4 Å². The number of hydrogen-bond donors (Lipinski definition) is 2. The number of para-hydroxylation sites is 1. The Balaban J connectivity index is 1.74. The monoisotopic (exact) mass is 353 g/mol. The number of anilines is 3. The molecule has 0 aliphatic carbocycles. The van der Waals surface area contributed by atoms with E-state index in [9.17, 15) is 4.79 Å². The molecule has 0 atom stereocenters. The second kappa shape index (κ2) is 7.68. The predicted molar refractivity (Wildman–Crippen MR) is 99.9 cm³/mol. The molecule has 3 rings (SSSR count). The number of pyridine rings is 1. The normalized spacial score (nSPS) is 10.2. The highest BCUT2D eigenvalue weighted by Crippen LogP contribution is 2.23. The van der Waals surface area contributed by atoms with E-state index in [2.05, 4.69) is 15.6 Å². The van der Waals surface area contributed by atoms with Gasteiger partial charge in [-0.05, 0) is 42.5 Å². The van der Waals surface area contributed by atoms with Gasteiger partial charge in [0.2, 0.25) is 0 Å². The highest BCUT2D eigenvalue weighted by Gasteiger charge is 2.09. The van der Waals surface area contributed by atoms with Crippen molar-refractivity contribution in [3.8, 4) is 5.75 Å². The van der Waals surface area contributed by atoms with E-state index in [0.29, 0.717) is 22.0 Å². The Kier molecular flexibility index (Phi) is 5.16. The number of nitrogens with zero attached hydrogens (tertiary/aromatic N) is 1. The number of rotatable bonds is 5. The second-order valence-electron chi connectivity index (χ2n) is 5.25. The summed E-state index contributed by atoms with van der Waals surface area (Å²) in [7, 11) is 1.62. The zero-order valence-corrected chi connectivity index (χ0v) is 14.2. The fraction of sp³-hybridized carbons (Fsp3) is 0.0526. The summed E-state index contributed by atoms with van der Waals surface area (Å²) >= 11 is 6.07. The number of carbonyl (C=O) groups is 1. The Morgan fingerprint density at radius 3 is 2.52 bits per heavy atom. The Bertz CT molecular complexity index is 882. The van der Waals surface area contributed by atoms with Crippen molar-refractivity contribution < 1.29 is 9.53 Å². The molecule has 0 spiro atoms. The quantitative estimate of drug-likeness (QED) is 0.695. The molecule has 1 amide bonds. The zero-order valence-electron chi connectivity index (χ0n) is 13.5. The van der Waals surface area contributed by atoms with E-state index in [-0.39, 0.29) is 5.91 Å². The predicted octanol–water partition coefficient (Wildman–Crippen LogP) is 4.74. The number of aromatic nitrogens is 1. The lowest BCUT2D eigenvalue weighted by molar-refractivity contribution is 0.102. The molecule has 0 saturated carbocycles. The van der Waals surface area contributed by atoms with E-state index in [4.69, 9.17) is 16.3 Å². The molecule has 0 bridgehead atoms. The number of carbonyl (C=O) groups excluding carboxylic acids is 1. The van der Waals surface area contributed by atoms with Gasteiger partial charge < -0.3 is 15.4 Å². The number of methoxy groups -OCH3 is 1. The van der Waals surface area contributed by atoms with Gasteiger partial charge in [0, 0.05) is 11.9 Å². The maximum Gasteiger partial charge on any atom is 0.257 e. The van der Waals surface area contributed by atoms with Crippen molar-refractivity contribution in [1.29, 1.82) is 0 Å². The van der Waals surface area contributed by atoms with Gasteiger partial charge in [0.05, 0.1) is 35.3 Å². The molecule has 5 nitrogen and oxygen atoms in total. The van der Waals surface area contributed by atoms with Crippen LogP contribution in [0.2, 0.25) is 5.02 Å². The number of halogens is 1. The zero-order chi connectivity index (χ0) is 17.6. The topological polar surface area (TPSA) is 63.2 Å². The van der Waals surface area contributed by atoms with Crippen molar-refractivity contribution in [2.45, 2.75) is 0 Å². The number of benzene rings is 2. The molecule has 2 aromatic carbocycles. The minimum absolute atomic E-state index is 0.279. The average Bonchev–Trinajstić information content (AvgIpc) is 2.64. The van der Waals surface area contributed by atoms with Crippen LogP contribution in [0.3, 0.4) is 0 Å². The molecule has 0 aliphatic rings. The first kappa shape index (κ1) is 16.8. The van der Waals surface area contributed by atoms with Crippen LogP contribution in [0, 0.1) is 0 Å². The van der Waals surface area contributed by atoms with E-state index in [0.717, 1.165) is 11.4 Å². The number of hydrogen-bond acceptors (Lipinski definition) is 4. The average molecular weight is 354 g/mol. The van der Waals surface area contributed by atoms with Crippen LogP contribution in [-0.4, -0.2) is 18.0 Å². The maximum absolute atomic E-state index is 12.4. The third-order valence-electron chi connectivity index (χ3n) is 3.50. The van der Waals surface area contributed by atoms with Gasteiger partial charge in [-0.2, -0.15) is 0 Å². The fourth-order valence-corrected chi connectivity index (χ4v) is 2.41. The third-order valence-corrected chi connectivity index (χ3v) is 3.83. The first-order valence-electron chi connectivity index (χ1n) is 7.58. The third kappa shape index (κ3) is 4.28. The first-order valence-corrected chi connectivity index (χ1v) is 7.95. The van der Waals surface area contributed by atoms with Crippen LogP contribution in [-0.2, 0) is 0 Å². The van der Waals surface area contributed by atoms with E-state index in [1.54, 1.807) is 43.6 Å². The highest BCUT2D eigenvalue weighted by atomic mass is 35.5. The van der Waals surface area contributed by atoms with Gasteiger partial charge in [0.15, 0.2) is 0 Å². The summed E-state index contributed by atoms with van der Waals surface area (Å²) in [6.45, 7) is 0. The van der Waals surface area contributed by atoms with Crippen molar-refractivity contribution in [2.24, 2.45) is 0 Å². The van der Waals surface area contributed by atoms with Gasteiger partial charge in [0.25, 0.3) is 5.91 Å². The van der Waals surface area contributed by atoms with Crippen molar-refractivity contribution in [2.75, 3.05) is 17.7 Å². The molecule has 6 heteroatoms. The largest absolute Gasteiger partial charge is 0.497 e. The Hall–Kier alpha value is -3.05. The Labute approximate surface area is 150 Å². The van der Waals surface area contributed by atoms with Gasteiger partial charge in [0.1, 0.15) is 5.75 Å². The van der Waals surface area contributed by atoms with E-state index in [1.165, 1.54) is 6.20 Å². The van der Waals surface area contributed by atoms with Crippen molar-refractivity contribution in [3.05, 3.63) is 77.6 Å². The fourth-order valence-electron chi connectivity index (χ4n) is 2.23. The van der Waals surface area contributed by atoms with Crippen LogP contribution in [0.15, 0.2) is 67.0 Å². The number of amides is 1. The van der Waals surface area contributed by atoms with Crippen molar-refractivity contribution in [1.82, 2.24) is 4.98 Å². The first-order chi connectivity index (χ1) is 12.2. The number of nitrogens with one attached hydrogen (secondary N) is 2. The summed E-state index contributed by atoms with van der Waals surface area (Å²) in [6.07, 6.45) is 3.15. The van der Waals surface area contributed by atoms with E-state index >= 15 is 0 Å². The van der Waals surface area contributed by atoms with Gasteiger partial charge in [-0.1, -0.05) is 23.7 Å². The highest BCUT2D eigenvalue weighted by molar-refractivity contribution is 6.33. The van der Waals surface area contributed by atoms with Gasteiger partial charge in [-0.25, -0.2) is 0 Å². The summed E-state index contributed by atoms with van der Waals surface area (Å²) in [5.74, 6) is 0.496. The van der Waals surface area contributed by atoms with Crippen LogP contribution in [0.4, 0.5) is 17.1 Å². The molecule has 0 radical (unpaired) electrons. The minimum Gasteiger partial charge on any atom is -0.497 e. The molecule has 3 aromatic rings. The molecule has 2 N–H and O–H groups in total. The minimum atomic E-state index is -0.279. The maximum atomic E-state index is 12.4. The van der Waals surface area contributed by atoms with Gasteiger partial charge in [-0.15, -0.1) is 0 Å². The summed E-state index contributed by atoms with van der Waals surface area (Å²) in [6, 6.07) is 16.3. The molecule has 0 aliphatic heterocycles. The van der Waals surface area contributed by atoms with Crippen LogP contribution >= 0.6 is 11.6 Å². The van der Waals surface area contributed by atoms with Crippen molar-refractivity contribution >= 4 is 34.6 Å². The molecular formula is C19H16ClN3O2. The lowest BCUT2D eigenvalue weighted by Crippen LogP contribution is -2.12. The molecular weight excluding hydrogens is 338 g/mol. The lowest BCUT2D eigenvalue weighted by atomic mass is 10.2. The van der Waals surface area contributed by atoms with Gasteiger partial charge in [-0.3, -0.25) is 9.78 Å². The van der Waals surface area contributed by atoms with E-state index < -0.39 is 0 Å². The molecule has 1 heterocycles. The molecule has 1 aromatic heterocycles. The second-order valence-corrected chi connectivity index (χ2v) is 5.66. The summed E-state index contributed by atoms with van der Waals surface area (Å²) in [5.41, 5.74) is 2.56. The smallest absolute Gasteiger partial charge is 0.257 e. The van der Waals surface area contributed by atoms with Crippen LogP contribution in [0.5, 0.6) is 5.75 Å². The standard InChI is InChI=1S/C19H16ClN3O2/c1-25-16-8-6-14(7-9-16)22-15-10-13(11-21-12-15)19(24)23-18-5-3-2-4-17(18)20/h2-12,22H,1H3,(H,23,24). The Morgan fingerprint density at radius 2 is 1.80 bits per heavy atom. The van der Waals surface area contributed by atoms with Crippen molar-refractivity contribution in [3.63, 3.8) is 0 Å². The summed E-state index contributed by atoms with van der Waals surface area (Å²) in [4.78, 5) is 16.5. The molecule has 0 fully saturated rings. The molecule has 0 unspecified atom stereocenters. The molecule has 126 valence electrons. The summed E-state index contributed by atoms with van der Waals surface area (Å²) in [5, 5.41) is 6.46. The van der Waals surface area contributed by atoms with Crippen LogP contribution < -0.4 is 15.4 Å².